The van der Waals surface area contributed by atoms with Crippen molar-refractivity contribution in [2.24, 2.45) is 10.8 Å². The molecule has 0 bridgehead atoms. The number of hydrogen-bond acceptors (Lipinski definition) is 6. The summed E-state index contributed by atoms with van der Waals surface area (Å²) in [5.74, 6) is -0.362. The van der Waals surface area contributed by atoms with Crippen LogP contribution in [-0.2, 0) is 19.1 Å². The average Bonchev–Trinajstić information content (AvgIpc) is 2.65. The van der Waals surface area contributed by atoms with Crippen LogP contribution in [0.2, 0.25) is 0 Å². The van der Waals surface area contributed by atoms with Gasteiger partial charge in [-0.05, 0) is 67.2 Å². The molecule has 0 saturated heterocycles. The summed E-state index contributed by atoms with van der Waals surface area (Å²) in [7, 11) is 0. The number of hydrogen-bond donors (Lipinski definition) is 0. The highest BCUT2D eigenvalue weighted by molar-refractivity contribution is 5.76. The number of nitrogens with zero attached hydrogens (tertiary/aromatic N) is 1. The number of ether oxygens (including phenoxy) is 2. The minimum atomic E-state index is -0.513. The third-order valence-electron chi connectivity index (χ3n) is 5.63. The van der Waals surface area contributed by atoms with Crippen molar-refractivity contribution in [3.63, 3.8) is 0 Å². The lowest BCUT2D eigenvalue weighted by atomic mass is 9.86. The Hall–Kier alpha value is -1.66. The second kappa shape index (κ2) is 14.4. The molecule has 0 aromatic rings. The predicted molar refractivity (Wildman–Crippen MR) is 118 cm³/mol. The molecule has 0 aliphatic rings. The van der Waals surface area contributed by atoms with Gasteiger partial charge < -0.3 is 9.47 Å². The van der Waals surface area contributed by atoms with Crippen molar-refractivity contribution in [2.45, 2.75) is 112 Å². The molecule has 0 atom stereocenters. The van der Waals surface area contributed by atoms with Gasteiger partial charge in [-0.3, -0.25) is 19.7 Å². The van der Waals surface area contributed by atoms with E-state index in [1.807, 2.05) is 27.7 Å². The number of rotatable bonds is 17. The molecule has 0 rings (SSSR count). The van der Waals surface area contributed by atoms with E-state index in [9.17, 15) is 19.7 Å². The van der Waals surface area contributed by atoms with Crippen LogP contribution in [0.3, 0.4) is 0 Å². The Morgan fingerprint density at radius 2 is 1.13 bits per heavy atom. The molecular weight excluding hydrogens is 386 g/mol. The first kappa shape index (κ1) is 28.3. The Kier molecular flexibility index (Phi) is 13.6. The van der Waals surface area contributed by atoms with Crippen LogP contribution >= 0.6 is 0 Å². The molecule has 0 radical (unpaired) electrons. The van der Waals surface area contributed by atoms with Gasteiger partial charge in [0.2, 0.25) is 6.04 Å². The van der Waals surface area contributed by atoms with E-state index in [2.05, 4.69) is 0 Å². The van der Waals surface area contributed by atoms with Crippen molar-refractivity contribution in [2.75, 3.05) is 13.2 Å². The molecule has 30 heavy (non-hydrogen) atoms. The molecule has 0 aliphatic carbocycles. The van der Waals surface area contributed by atoms with E-state index >= 15 is 0 Å². The Bertz CT molecular complexity index is 490. The van der Waals surface area contributed by atoms with Crippen LogP contribution in [0, 0.1) is 20.9 Å². The normalized spacial score (nSPS) is 12.1. The SMILES string of the molecule is CCOC(=O)C(C)(C)CCCCCC(CCCCCC(C)(C)C(=O)OCC)[N+](=O)[O-]. The molecule has 0 spiro atoms. The quantitative estimate of drug-likeness (QED) is 0.127. The minimum absolute atomic E-state index is 0.162. The Morgan fingerprint density at radius 3 is 1.43 bits per heavy atom. The second-order valence-corrected chi connectivity index (χ2v) is 9.35. The van der Waals surface area contributed by atoms with Crippen molar-refractivity contribution in [1.29, 1.82) is 0 Å². The lowest BCUT2D eigenvalue weighted by Gasteiger charge is -2.22. The van der Waals surface area contributed by atoms with E-state index in [0.29, 0.717) is 26.1 Å². The summed E-state index contributed by atoms with van der Waals surface area (Å²) in [6.07, 6.45) is 7.65. The number of carbonyl (C=O) groups is 2. The van der Waals surface area contributed by atoms with Crippen LogP contribution in [0.5, 0.6) is 0 Å². The first-order valence-electron chi connectivity index (χ1n) is 11.5. The number of nitro groups is 1. The molecule has 0 fully saturated rings. The van der Waals surface area contributed by atoms with Gasteiger partial charge in [-0.1, -0.05) is 25.7 Å². The molecule has 0 heterocycles. The number of esters is 2. The zero-order valence-electron chi connectivity index (χ0n) is 20.0. The van der Waals surface area contributed by atoms with Crippen molar-refractivity contribution in [1.82, 2.24) is 0 Å². The van der Waals surface area contributed by atoms with Gasteiger partial charge >= 0.3 is 11.9 Å². The zero-order valence-corrected chi connectivity index (χ0v) is 20.0. The summed E-state index contributed by atoms with van der Waals surface area (Å²) in [6, 6.07) is -0.513. The summed E-state index contributed by atoms with van der Waals surface area (Å²) in [4.78, 5) is 35.0. The van der Waals surface area contributed by atoms with Gasteiger partial charge in [0.05, 0.1) is 24.0 Å². The van der Waals surface area contributed by atoms with Crippen molar-refractivity contribution in [3.8, 4) is 0 Å². The summed E-state index contributed by atoms with van der Waals surface area (Å²) in [5.41, 5.74) is -1.01. The van der Waals surface area contributed by atoms with Gasteiger partial charge in [-0.25, -0.2) is 0 Å². The van der Waals surface area contributed by atoms with E-state index in [4.69, 9.17) is 9.47 Å². The topological polar surface area (TPSA) is 95.7 Å². The molecule has 0 aliphatic heterocycles. The van der Waals surface area contributed by atoms with Gasteiger partial charge in [-0.15, -0.1) is 0 Å². The van der Waals surface area contributed by atoms with Gasteiger partial charge in [0.25, 0.3) is 0 Å². The molecule has 7 heteroatoms. The van der Waals surface area contributed by atoms with Gasteiger partial charge in [-0.2, -0.15) is 0 Å². The highest BCUT2D eigenvalue weighted by Crippen LogP contribution is 2.27. The Balaban J connectivity index is 4.11. The molecule has 0 saturated carbocycles. The molecule has 0 N–H and O–H groups in total. The predicted octanol–water partition coefficient (Wildman–Crippen LogP) is 5.71. The Morgan fingerprint density at radius 1 is 0.767 bits per heavy atom. The van der Waals surface area contributed by atoms with Crippen LogP contribution in [0.25, 0.3) is 0 Å². The van der Waals surface area contributed by atoms with E-state index in [0.717, 1.165) is 51.4 Å². The molecule has 176 valence electrons. The summed E-state index contributed by atoms with van der Waals surface area (Å²) >= 11 is 0. The third kappa shape index (κ3) is 11.5. The van der Waals surface area contributed by atoms with Crippen LogP contribution in [0.4, 0.5) is 0 Å². The van der Waals surface area contributed by atoms with E-state index in [1.165, 1.54) is 0 Å². The van der Waals surface area contributed by atoms with E-state index < -0.39 is 16.9 Å². The highest BCUT2D eigenvalue weighted by atomic mass is 16.6. The summed E-state index contributed by atoms with van der Waals surface area (Å²) in [6.45, 7) is 11.9. The fourth-order valence-electron chi connectivity index (χ4n) is 3.46. The number of carbonyl (C=O) groups excluding carboxylic acids is 2. The van der Waals surface area contributed by atoms with Crippen LogP contribution in [-0.4, -0.2) is 36.1 Å². The van der Waals surface area contributed by atoms with E-state index in [-0.39, 0.29) is 16.9 Å². The standard InChI is InChI=1S/C23H43NO6/c1-7-29-20(25)22(3,4)17-13-9-11-15-19(24(27)28)16-12-10-14-18-23(5,6)21(26)30-8-2/h19H,7-18H2,1-6H3. The fraction of sp³-hybridized carbons (Fsp3) is 0.913. The first-order chi connectivity index (χ1) is 14.0. The molecule has 0 unspecified atom stereocenters. The lowest BCUT2D eigenvalue weighted by Crippen LogP contribution is -2.26. The molecule has 0 aromatic carbocycles. The van der Waals surface area contributed by atoms with Gasteiger partial charge in [0.1, 0.15) is 0 Å². The van der Waals surface area contributed by atoms with Crippen molar-refractivity contribution < 1.29 is 24.0 Å². The van der Waals surface area contributed by atoms with Crippen LogP contribution in [0.1, 0.15) is 106 Å². The monoisotopic (exact) mass is 429 g/mol. The van der Waals surface area contributed by atoms with Crippen molar-refractivity contribution >= 4 is 11.9 Å². The third-order valence-corrected chi connectivity index (χ3v) is 5.63. The minimum Gasteiger partial charge on any atom is -0.466 e. The van der Waals surface area contributed by atoms with Gasteiger partial charge in [0, 0.05) is 17.8 Å². The molecule has 0 amide bonds. The molecular formula is C23H43NO6. The average molecular weight is 430 g/mol. The lowest BCUT2D eigenvalue weighted by molar-refractivity contribution is -0.524. The molecule has 7 nitrogen and oxygen atoms in total. The summed E-state index contributed by atoms with van der Waals surface area (Å²) in [5, 5.41) is 11.4. The zero-order chi connectivity index (χ0) is 23.2. The van der Waals surface area contributed by atoms with Crippen LogP contribution in [0.15, 0.2) is 0 Å². The number of unbranched alkanes of at least 4 members (excludes halogenated alkanes) is 4. The fourth-order valence-corrected chi connectivity index (χ4v) is 3.46. The maximum Gasteiger partial charge on any atom is 0.311 e. The highest BCUT2D eigenvalue weighted by Gasteiger charge is 2.29. The van der Waals surface area contributed by atoms with Gasteiger partial charge in [0.15, 0.2) is 0 Å². The summed E-state index contributed by atoms with van der Waals surface area (Å²) < 4.78 is 10.2. The Labute approximate surface area is 182 Å². The second-order valence-electron chi connectivity index (χ2n) is 9.35. The smallest absolute Gasteiger partial charge is 0.311 e. The first-order valence-corrected chi connectivity index (χ1v) is 11.5. The maximum absolute atomic E-state index is 11.9. The molecule has 0 aromatic heterocycles. The largest absolute Gasteiger partial charge is 0.466 e. The van der Waals surface area contributed by atoms with Crippen molar-refractivity contribution in [3.05, 3.63) is 10.1 Å². The van der Waals surface area contributed by atoms with Crippen LogP contribution < -0.4 is 0 Å². The maximum atomic E-state index is 11.9. The van der Waals surface area contributed by atoms with E-state index in [1.54, 1.807) is 13.8 Å².